The van der Waals surface area contributed by atoms with E-state index in [0.717, 1.165) is 83.5 Å². The predicted molar refractivity (Wildman–Crippen MR) is 345 cm³/mol. The fourth-order valence-electron chi connectivity index (χ4n) is 10.3. The number of aliphatic hydroxyl groups is 8. The second-order valence-corrected chi connectivity index (χ2v) is 23.2. The van der Waals surface area contributed by atoms with Crippen LogP contribution >= 0.6 is 0 Å². The van der Waals surface area contributed by atoms with Gasteiger partial charge in [-0.3, -0.25) is 4.79 Å². The zero-order valence-corrected chi connectivity index (χ0v) is 52.8. The van der Waals surface area contributed by atoms with Crippen molar-refractivity contribution < 1.29 is 64.6 Å². The summed E-state index contributed by atoms with van der Waals surface area (Å²) in [6.45, 7) is 2.66. The molecular formula is C71H121NO13. The van der Waals surface area contributed by atoms with Crippen LogP contribution in [0.4, 0.5) is 0 Å². The van der Waals surface area contributed by atoms with Gasteiger partial charge in [0.05, 0.1) is 32.0 Å². The van der Waals surface area contributed by atoms with Gasteiger partial charge in [0, 0.05) is 6.42 Å². The zero-order chi connectivity index (χ0) is 61.6. The van der Waals surface area contributed by atoms with Gasteiger partial charge < -0.3 is 65.1 Å². The maximum atomic E-state index is 13.3. The molecule has 2 aliphatic heterocycles. The van der Waals surface area contributed by atoms with Crippen molar-refractivity contribution in [1.82, 2.24) is 5.32 Å². The summed E-state index contributed by atoms with van der Waals surface area (Å²) >= 11 is 0. The van der Waals surface area contributed by atoms with Crippen LogP contribution in [0.5, 0.6) is 0 Å². The second kappa shape index (κ2) is 54.8. The maximum absolute atomic E-state index is 13.3. The Balaban J connectivity index is 1.66. The molecule has 12 unspecified atom stereocenters. The number of carbonyl (C=O) groups excluding carboxylic acids is 1. The highest BCUT2D eigenvalue weighted by Gasteiger charge is 2.51. The van der Waals surface area contributed by atoms with Crippen molar-refractivity contribution in [3.05, 3.63) is 109 Å². The monoisotopic (exact) mass is 1200 g/mol. The fraction of sp³-hybridized carbons (Fsp3) is 0.732. The minimum absolute atomic E-state index is 0.254. The third kappa shape index (κ3) is 39.3. The van der Waals surface area contributed by atoms with Crippen LogP contribution in [-0.4, -0.2) is 140 Å². The molecule has 85 heavy (non-hydrogen) atoms. The van der Waals surface area contributed by atoms with Crippen molar-refractivity contribution in [2.24, 2.45) is 0 Å². The lowest BCUT2D eigenvalue weighted by Gasteiger charge is -2.46. The first-order valence-corrected chi connectivity index (χ1v) is 33.6. The Bertz CT molecular complexity index is 1840. The number of rotatable bonds is 53. The van der Waals surface area contributed by atoms with Crippen LogP contribution in [0.25, 0.3) is 0 Å². The minimum atomic E-state index is -1.80. The smallest absolute Gasteiger partial charge is 0.220 e. The third-order valence-electron chi connectivity index (χ3n) is 15.7. The van der Waals surface area contributed by atoms with E-state index in [-0.39, 0.29) is 18.9 Å². The second-order valence-electron chi connectivity index (χ2n) is 23.2. The lowest BCUT2D eigenvalue weighted by Crippen LogP contribution is -2.65. The molecule has 9 N–H and O–H groups in total. The van der Waals surface area contributed by atoms with Gasteiger partial charge in [0.25, 0.3) is 0 Å². The van der Waals surface area contributed by atoms with Crippen LogP contribution < -0.4 is 5.32 Å². The number of hydrogen-bond acceptors (Lipinski definition) is 13. The summed E-state index contributed by atoms with van der Waals surface area (Å²) in [6, 6.07) is -0.938. The Hall–Kier alpha value is -3.35. The van der Waals surface area contributed by atoms with Gasteiger partial charge in [0.15, 0.2) is 12.6 Å². The summed E-state index contributed by atoms with van der Waals surface area (Å²) in [5.41, 5.74) is 0. The molecule has 0 bridgehead atoms. The molecule has 0 saturated carbocycles. The van der Waals surface area contributed by atoms with E-state index in [0.29, 0.717) is 12.8 Å². The van der Waals surface area contributed by atoms with Crippen LogP contribution in [0, 0.1) is 0 Å². The van der Waals surface area contributed by atoms with E-state index >= 15 is 0 Å². The first-order valence-electron chi connectivity index (χ1n) is 33.6. The van der Waals surface area contributed by atoms with Crippen molar-refractivity contribution in [1.29, 1.82) is 0 Å². The molecule has 0 aromatic rings. The Morgan fingerprint density at radius 1 is 0.435 bits per heavy atom. The minimum Gasteiger partial charge on any atom is -0.394 e. The largest absolute Gasteiger partial charge is 0.394 e. The van der Waals surface area contributed by atoms with Crippen molar-refractivity contribution in [2.45, 2.75) is 312 Å². The van der Waals surface area contributed by atoms with E-state index in [1.807, 2.05) is 6.08 Å². The molecular weight excluding hydrogens is 1070 g/mol. The molecule has 2 fully saturated rings. The first kappa shape index (κ1) is 77.7. The molecule has 12 atom stereocenters. The van der Waals surface area contributed by atoms with Crippen molar-refractivity contribution in [3.63, 3.8) is 0 Å². The standard InChI is InChI=1S/C71H121NO13/c1-3-5-7-9-11-13-15-17-19-21-22-23-24-25-26-27-28-29-30-31-32-33-34-35-36-37-38-39-41-43-45-47-49-51-53-55-63(76)72-59(60(75)54-52-50-48-46-44-42-40-20-18-16-14-12-10-8-6-4-2)58-82-70-68(81)66(79)69(62(57-74)84-70)85-71-67(80)65(78)64(77)61(56-73)83-71/h5,7,11,13,17,19,22-23,25-26,28-29,31-32,44,46,52,54,59-62,64-71,73-75,77-81H,3-4,6,8-10,12,14-16,18,20-21,24,27,30,33-43,45,47-51,53,55-58H2,1-2H3,(H,72,76)/b7-5-,13-11-,19-17-,23-22-,26-25-,29-28-,32-31-,46-44+,54-52+. The average molecular weight is 1200 g/mol. The average Bonchev–Trinajstić information content (AvgIpc) is 3.70. The molecule has 0 aliphatic carbocycles. The van der Waals surface area contributed by atoms with Gasteiger partial charge in [0.1, 0.15) is 48.8 Å². The summed E-state index contributed by atoms with van der Waals surface area (Å²) in [5, 5.41) is 87.2. The molecule has 0 aromatic heterocycles. The number of carbonyl (C=O) groups is 1. The summed E-state index contributed by atoms with van der Waals surface area (Å²) < 4.78 is 22.8. The maximum Gasteiger partial charge on any atom is 0.220 e. The van der Waals surface area contributed by atoms with Crippen LogP contribution in [-0.2, 0) is 23.7 Å². The first-order chi connectivity index (χ1) is 41.6. The summed E-state index contributed by atoms with van der Waals surface area (Å²) in [5.74, 6) is -0.254. The highest BCUT2D eigenvalue weighted by molar-refractivity contribution is 5.76. The topological polar surface area (TPSA) is 228 Å². The zero-order valence-electron chi connectivity index (χ0n) is 52.8. The van der Waals surface area contributed by atoms with Crippen LogP contribution in [0.3, 0.4) is 0 Å². The van der Waals surface area contributed by atoms with E-state index in [1.165, 1.54) is 122 Å². The number of aliphatic hydroxyl groups excluding tert-OH is 8. The summed E-state index contributed by atoms with van der Waals surface area (Å²) in [7, 11) is 0. The van der Waals surface area contributed by atoms with Gasteiger partial charge in [-0.15, -0.1) is 0 Å². The van der Waals surface area contributed by atoms with Crippen molar-refractivity contribution in [2.75, 3.05) is 19.8 Å². The molecule has 488 valence electrons. The van der Waals surface area contributed by atoms with Gasteiger partial charge in [-0.2, -0.15) is 0 Å². The number of allylic oxidation sites excluding steroid dienone is 17. The van der Waals surface area contributed by atoms with Crippen molar-refractivity contribution >= 4 is 5.91 Å². The molecule has 1 amide bonds. The van der Waals surface area contributed by atoms with Crippen LogP contribution in [0.2, 0.25) is 0 Å². The molecule has 0 spiro atoms. The van der Waals surface area contributed by atoms with Gasteiger partial charge in [-0.05, 0) is 89.9 Å². The van der Waals surface area contributed by atoms with Crippen molar-refractivity contribution in [3.8, 4) is 0 Å². The number of hydrogen-bond donors (Lipinski definition) is 9. The number of nitrogens with one attached hydrogen (secondary N) is 1. The van der Waals surface area contributed by atoms with E-state index < -0.39 is 86.8 Å². The molecule has 2 heterocycles. The van der Waals surface area contributed by atoms with Gasteiger partial charge >= 0.3 is 0 Å². The Labute approximate surface area is 515 Å². The molecule has 14 heteroatoms. The molecule has 0 aromatic carbocycles. The molecule has 2 saturated heterocycles. The number of unbranched alkanes of at least 4 members (excludes halogenated alkanes) is 24. The van der Waals surface area contributed by atoms with E-state index in [1.54, 1.807) is 6.08 Å². The molecule has 0 radical (unpaired) electrons. The summed E-state index contributed by atoms with van der Waals surface area (Å²) in [4.78, 5) is 13.3. The van der Waals surface area contributed by atoms with E-state index in [4.69, 9.17) is 18.9 Å². The lowest BCUT2D eigenvalue weighted by molar-refractivity contribution is -0.359. The highest BCUT2D eigenvalue weighted by Crippen LogP contribution is 2.30. The lowest BCUT2D eigenvalue weighted by atomic mass is 9.97. The predicted octanol–water partition coefficient (Wildman–Crippen LogP) is 13.2. The Morgan fingerprint density at radius 2 is 0.824 bits per heavy atom. The van der Waals surface area contributed by atoms with Crippen LogP contribution in [0.15, 0.2) is 109 Å². The fourth-order valence-corrected chi connectivity index (χ4v) is 10.3. The number of amides is 1. The molecule has 2 rings (SSSR count). The van der Waals surface area contributed by atoms with E-state index in [9.17, 15) is 45.6 Å². The Morgan fingerprint density at radius 3 is 1.29 bits per heavy atom. The number of ether oxygens (including phenoxy) is 4. The Kier molecular flexibility index (Phi) is 50.1. The highest BCUT2D eigenvalue weighted by atomic mass is 16.7. The summed E-state index contributed by atoms with van der Waals surface area (Å²) in [6.07, 6.45) is 61.4. The van der Waals surface area contributed by atoms with E-state index in [2.05, 4.69) is 116 Å². The third-order valence-corrected chi connectivity index (χ3v) is 15.7. The normalized spacial score (nSPS) is 24.3. The quantitative estimate of drug-likeness (QED) is 0.0204. The SMILES string of the molecule is CC/C=C\C/C=C\C/C=C\C/C=C\C/C=C\C/C=C\C/C=C\CCCCCCCCCCCCCCCC(=O)NC(COC1OC(CO)C(OC2OC(CO)C(O)C(O)C2O)C(O)C1O)C(O)/C=C/CC/C=C/CCCCCCCCCCCC. The molecule has 14 nitrogen and oxygen atoms in total. The van der Waals surface area contributed by atoms with Gasteiger partial charge in [-0.1, -0.05) is 252 Å². The van der Waals surface area contributed by atoms with Gasteiger partial charge in [-0.25, -0.2) is 0 Å². The van der Waals surface area contributed by atoms with Gasteiger partial charge in [0.2, 0.25) is 5.91 Å². The van der Waals surface area contributed by atoms with Crippen LogP contribution in [0.1, 0.15) is 239 Å². The molecule has 2 aliphatic rings.